The van der Waals surface area contributed by atoms with Crippen molar-refractivity contribution in [2.75, 3.05) is 13.2 Å². The molecule has 0 radical (unpaired) electrons. The Kier molecular flexibility index (Phi) is 10.6. The lowest BCUT2D eigenvalue weighted by Crippen LogP contribution is -2.51. The Morgan fingerprint density at radius 3 is 2.49 bits per heavy atom. The zero-order chi connectivity index (χ0) is 31.3. The minimum absolute atomic E-state index is 0. The molecule has 11 nitrogen and oxygen atoms in total. The summed E-state index contributed by atoms with van der Waals surface area (Å²) >= 11 is 0. The zero-order valence-electron chi connectivity index (χ0n) is 24.9. The highest BCUT2D eigenvalue weighted by Gasteiger charge is 2.34. The van der Waals surface area contributed by atoms with E-state index in [4.69, 9.17) is 20.9 Å². The number of benzene rings is 2. The molecule has 1 aliphatic heterocycles. The number of fused-ring (bicyclic) bond motifs is 1. The van der Waals surface area contributed by atoms with Gasteiger partial charge in [0.25, 0.3) is 0 Å². The Morgan fingerprint density at radius 1 is 1.02 bits per heavy atom. The lowest BCUT2D eigenvalue weighted by atomic mass is 10.0. The average molecular weight is 615 g/mol. The summed E-state index contributed by atoms with van der Waals surface area (Å²) in [7, 11) is 0. The average Bonchev–Trinajstić information content (AvgIpc) is 3.68. The molecule has 1 fully saturated rings. The van der Waals surface area contributed by atoms with E-state index in [9.17, 15) is 14.4 Å². The molecule has 5 rings (SSSR count). The first-order valence-electron chi connectivity index (χ1n) is 14.6. The number of aromatic nitrogens is 2. The summed E-state index contributed by atoms with van der Waals surface area (Å²) in [5, 5.41) is 3.00. The third kappa shape index (κ3) is 7.68. The highest BCUT2D eigenvalue weighted by Crippen LogP contribution is 2.25. The molecule has 11 heteroatoms. The van der Waals surface area contributed by atoms with Crippen LogP contribution < -0.4 is 16.8 Å². The van der Waals surface area contributed by atoms with E-state index in [1.807, 2.05) is 77.2 Å². The normalized spacial score (nSPS) is 15.4. The molecule has 45 heavy (non-hydrogen) atoms. The predicted octanol–water partition coefficient (Wildman–Crippen LogP) is 4.34. The first-order chi connectivity index (χ1) is 21.1. The van der Waals surface area contributed by atoms with E-state index in [-0.39, 0.29) is 26.5 Å². The number of amides is 3. The van der Waals surface area contributed by atoms with Gasteiger partial charge in [0.2, 0.25) is 11.8 Å². The lowest BCUT2D eigenvalue weighted by molar-refractivity contribution is -0.126. The Labute approximate surface area is 263 Å². The number of likely N-dealkylation sites (tertiary alicyclic amines) is 1. The van der Waals surface area contributed by atoms with Gasteiger partial charge in [0.15, 0.2) is 0 Å². The number of rotatable bonds is 11. The van der Waals surface area contributed by atoms with Gasteiger partial charge >= 0.3 is 6.09 Å². The number of primary amides is 1. The Bertz CT molecular complexity index is 1630. The zero-order valence-corrected chi connectivity index (χ0v) is 24.9. The smallest absolute Gasteiger partial charge is 0.410 e. The van der Waals surface area contributed by atoms with Crippen molar-refractivity contribution in [3.05, 3.63) is 96.1 Å². The number of carbonyl (C=O) groups excluding carboxylic acids is 3. The molecule has 1 aliphatic rings. The molecule has 238 valence electrons. The van der Waals surface area contributed by atoms with Gasteiger partial charge in [0, 0.05) is 6.54 Å². The van der Waals surface area contributed by atoms with Crippen molar-refractivity contribution in [3.8, 4) is 11.1 Å². The van der Waals surface area contributed by atoms with Crippen LogP contribution in [-0.4, -0.2) is 56.9 Å². The van der Waals surface area contributed by atoms with Gasteiger partial charge in [-0.25, -0.2) is 9.78 Å². The predicted molar refractivity (Wildman–Crippen MR) is 172 cm³/mol. The molecule has 0 spiro atoms. The van der Waals surface area contributed by atoms with Gasteiger partial charge in [-0.3, -0.25) is 18.9 Å². The van der Waals surface area contributed by atoms with Crippen molar-refractivity contribution in [2.45, 2.75) is 65.0 Å². The van der Waals surface area contributed by atoms with E-state index in [1.165, 1.54) is 4.90 Å². The molecular weight excluding hydrogens is 572 g/mol. The number of nitrogens with two attached hydrogens (primary N) is 2. The van der Waals surface area contributed by atoms with Crippen molar-refractivity contribution in [3.63, 3.8) is 0 Å². The summed E-state index contributed by atoms with van der Waals surface area (Å²) in [5.74, 6) is -0.425. The molecule has 3 heterocycles. The molecule has 0 saturated carbocycles. The van der Waals surface area contributed by atoms with E-state index < -0.39 is 29.6 Å². The van der Waals surface area contributed by atoms with Crippen LogP contribution in [0.15, 0.2) is 79.0 Å². The summed E-state index contributed by atoms with van der Waals surface area (Å²) in [6, 6.07) is 22.2. The molecule has 0 bridgehead atoms. The fraction of sp³-hybridized carbons (Fsp3) is 0.353. The third-order valence-electron chi connectivity index (χ3n) is 7.66. The maximum Gasteiger partial charge on any atom is 0.410 e. The number of hydrogen-bond acceptors (Lipinski definition) is 7. The minimum Gasteiger partial charge on any atom is -0.443 e. The van der Waals surface area contributed by atoms with Crippen molar-refractivity contribution in [2.24, 2.45) is 11.5 Å². The fourth-order valence-electron chi connectivity index (χ4n) is 5.36. The summed E-state index contributed by atoms with van der Waals surface area (Å²) in [6.45, 7) is 3.97. The van der Waals surface area contributed by atoms with Crippen LogP contribution >= 0.6 is 0 Å². The van der Waals surface area contributed by atoms with Crippen molar-refractivity contribution < 1.29 is 23.9 Å². The summed E-state index contributed by atoms with van der Waals surface area (Å²) in [5.41, 5.74) is 15.0. The largest absolute Gasteiger partial charge is 0.443 e. The molecule has 3 amide bonds. The molecule has 4 aromatic rings. The lowest BCUT2D eigenvalue weighted by Gasteiger charge is -2.25. The summed E-state index contributed by atoms with van der Waals surface area (Å²) < 4.78 is 13.7. The van der Waals surface area contributed by atoms with Crippen LogP contribution in [0, 0.1) is 0 Å². The summed E-state index contributed by atoms with van der Waals surface area (Å²) in [6.07, 6.45) is 2.26. The molecule has 2 atom stereocenters. The topological polar surface area (TPSA) is 154 Å². The second-order valence-corrected chi connectivity index (χ2v) is 11.5. The SMILES string of the molecule is C.CC(C)(N)C(=O)N[C@H](COCc1ccccc1-c1ccccc1)c1ncc2cccc(COC(=O)N3CCC[C@@H]3C(N)=O)n12. The van der Waals surface area contributed by atoms with E-state index >= 15 is 0 Å². The number of hydrogen-bond donors (Lipinski definition) is 3. The molecule has 0 aliphatic carbocycles. The molecular formula is C34H42N6O5. The van der Waals surface area contributed by atoms with Gasteiger partial charge in [-0.2, -0.15) is 0 Å². The van der Waals surface area contributed by atoms with Crippen LogP contribution in [0.25, 0.3) is 16.6 Å². The fourth-order valence-corrected chi connectivity index (χ4v) is 5.36. The molecule has 0 unspecified atom stereocenters. The summed E-state index contributed by atoms with van der Waals surface area (Å²) in [4.78, 5) is 43.7. The van der Waals surface area contributed by atoms with Gasteiger partial charge in [-0.15, -0.1) is 0 Å². The molecule has 2 aromatic heterocycles. The Hall–Kier alpha value is -4.74. The van der Waals surface area contributed by atoms with Gasteiger partial charge in [-0.05, 0) is 55.5 Å². The molecule has 5 N–H and O–H groups in total. The van der Waals surface area contributed by atoms with E-state index in [0.717, 1.165) is 22.2 Å². The Balaban J connectivity index is 0.00000461. The number of ether oxygens (including phenoxy) is 2. The van der Waals surface area contributed by atoms with Crippen LogP contribution in [0.1, 0.15) is 57.2 Å². The number of pyridine rings is 1. The molecule has 1 saturated heterocycles. The number of nitrogens with zero attached hydrogens (tertiary/aromatic N) is 3. The molecule has 2 aromatic carbocycles. The van der Waals surface area contributed by atoms with Gasteiger partial charge in [0.05, 0.1) is 36.2 Å². The maximum atomic E-state index is 13.1. The second-order valence-electron chi connectivity index (χ2n) is 11.5. The van der Waals surface area contributed by atoms with Gasteiger partial charge in [0.1, 0.15) is 24.5 Å². The van der Waals surface area contributed by atoms with Gasteiger partial charge in [-0.1, -0.05) is 68.1 Å². The Morgan fingerprint density at radius 2 is 1.76 bits per heavy atom. The maximum absolute atomic E-state index is 13.1. The first kappa shape index (κ1) is 33.2. The van der Waals surface area contributed by atoms with Crippen LogP contribution in [0.4, 0.5) is 4.79 Å². The number of carbonyl (C=O) groups is 3. The van der Waals surface area contributed by atoms with Crippen LogP contribution in [0.5, 0.6) is 0 Å². The third-order valence-corrected chi connectivity index (χ3v) is 7.66. The highest BCUT2D eigenvalue weighted by molar-refractivity contribution is 5.85. The first-order valence-corrected chi connectivity index (χ1v) is 14.6. The van der Waals surface area contributed by atoms with Crippen molar-refractivity contribution in [1.82, 2.24) is 19.6 Å². The monoisotopic (exact) mass is 614 g/mol. The van der Waals surface area contributed by atoms with E-state index in [1.54, 1.807) is 20.0 Å². The van der Waals surface area contributed by atoms with Gasteiger partial charge < -0.3 is 26.3 Å². The second kappa shape index (κ2) is 14.4. The number of nitrogens with one attached hydrogen (secondary N) is 1. The van der Waals surface area contributed by atoms with Crippen molar-refractivity contribution >= 4 is 23.4 Å². The van der Waals surface area contributed by atoms with Crippen LogP contribution in [-0.2, 0) is 32.3 Å². The van der Waals surface area contributed by atoms with E-state index in [2.05, 4.69) is 10.3 Å². The van der Waals surface area contributed by atoms with Crippen molar-refractivity contribution in [1.29, 1.82) is 0 Å². The number of imidazole rings is 1. The minimum atomic E-state index is -1.14. The van der Waals surface area contributed by atoms with E-state index in [0.29, 0.717) is 37.5 Å². The standard InChI is InChI=1S/C33H38N6O5.CH4/c1-33(2,35)31(41)37-27(21-43-19-23-12-6-7-15-26(23)22-10-4-3-5-11-22)30-36-18-24-13-8-14-25(39(24)30)20-44-32(42)38-17-9-16-28(38)29(34)40;/h3-8,10-15,18,27-28H,9,16-17,19-21,35H2,1-2H3,(H2,34,40)(H,37,41);1H4/t27-,28-;/m1./s1. The van der Waals surface area contributed by atoms with Crippen LogP contribution in [0.3, 0.4) is 0 Å². The highest BCUT2D eigenvalue weighted by atomic mass is 16.6. The van der Waals surface area contributed by atoms with Crippen LogP contribution in [0.2, 0.25) is 0 Å². The quantitative estimate of drug-likeness (QED) is 0.227.